The molecule has 0 aromatic heterocycles. The van der Waals surface area contributed by atoms with Crippen LogP contribution in [-0.2, 0) is 39.8 Å². The second-order valence-electron chi connectivity index (χ2n) is 0.762. The number of hydrogen-bond acceptors (Lipinski definition) is 4. The molecule has 6 heavy (non-hydrogen) atoms. The van der Waals surface area contributed by atoms with Gasteiger partial charge in [-0.2, -0.15) is 0 Å². The van der Waals surface area contributed by atoms with Gasteiger partial charge < -0.3 is 0 Å². The molecule has 6 heteroatoms. The van der Waals surface area contributed by atoms with Crippen molar-refractivity contribution in [1.29, 1.82) is 0 Å². The van der Waals surface area contributed by atoms with Crippen molar-refractivity contribution in [3.63, 3.8) is 0 Å². The molecule has 32 valence electrons. The fourth-order valence-electron chi connectivity index (χ4n) is 0.127. The molecule has 0 aliphatic carbocycles. The average Bonchev–Trinajstić information content (AvgIpc) is 1.32. The van der Waals surface area contributed by atoms with E-state index >= 15 is 0 Å². The van der Waals surface area contributed by atoms with Gasteiger partial charge in [0.15, 0.2) is 0 Å². The molecule has 1 rings (SSSR count). The summed E-state index contributed by atoms with van der Waals surface area (Å²) in [6.45, 7) is 0. The van der Waals surface area contributed by atoms with E-state index in [-0.39, 0.29) is 0 Å². The Labute approximate surface area is 48.3 Å². The van der Waals surface area contributed by atoms with Crippen LogP contribution in [0.2, 0.25) is 0 Å². The van der Waals surface area contributed by atoms with E-state index in [4.69, 9.17) is 0 Å². The first kappa shape index (κ1) is 4.94. The zero-order valence-corrected chi connectivity index (χ0v) is 7.60. The zero-order valence-electron chi connectivity index (χ0n) is 2.75. The van der Waals surface area contributed by atoms with Gasteiger partial charge in [-0.15, -0.1) is 0 Å². The Hall–Kier alpha value is 0.792. The zero-order chi connectivity index (χ0) is 4.62. The third-order valence-corrected chi connectivity index (χ3v) is 7.75. The topological polar surface area (TPSA) is 52.6 Å². The van der Waals surface area contributed by atoms with E-state index < -0.39 is 35.5 Å². The predicted molar refractivity (Wildman–Crippen MR) is 11.1 cm³/mol. The minimum absolute atomic E-state index is 1.58. The summed E-state index contributed by atoms with van der Waals surface area (Å²) in [4.78, 5) is 0. The van der Waals surface area contributed by atoms with Gasteiger partial charge >= 0.3 is 48.2 Å². The van der Waals surface area contributed by atoms with Crippen molar-refractivity contribution in [3.05, 3.63) is 0 Å². The van der Waals surface area contributed by atoms with Crippen molar-refractivity contribution in [1.82, 2.24) is 0 Å². The van der Waals surface area contributed by atoms with E-state index in [1.165, 1.54) is 0 Å². The fourth-order valence-corrected chi connectivity index (χ4v) is 2.55. The van der Waals surface area contributed by atoms with Gasteiger partial charge in [0.25, 0.3) is 0 Å². The van der Waals surface area contributed by atoms with E-state index in [0.29, 0.717) is 0 Å². The third kappa shape index (κ3) is 0.891. The van der Waals surface area contributed by atoms with Gasteiger partial charge in [0.1, 0.15) is 0 Å². The fraction of sp³-hybridized carbons (Fsp3) is 0. The molecule has 0 saturated carbocycles. The van der Waals surface area contributed by atoms with Crippen LogP contribution in [0.5, 0.6) is 0 Å². The van der Waals surface area contributed by atoms with Crippen molar-refractivity contribution in [2.75, 3.05) is 0 Å². The Morgan fingerprint density at radius 3 is 1.67 bits per heavy atom. The van der Waals surface area contributed by atoms with Crippen LogP contribution in [0.1, 0.15) is 0 Å². The molecule has 0 N–H and O–H groups in total. The number of rotatable bonds is 0. The molecule has 4 nitrogen and oxygen atoms in total. The van der Waals surface area contributed by atoms with Gasteiger partial charge in [-0.25, -0.2) is 0 Å². The van der Waals surface area contributed by atoms with E-state index in [0.717, 1.165) is 0 Å². The maximum atomic E-state index is 9.69. The van der Waals surface area contributed by atoms with Crippen molar-refractivity contribution in [2.45, 2.75) is 0 Å². The molecule has 0 atom stereocenters. The van der Waals surface area contributed by atoms with Crippen LogP contribution in [0.4, 0.5) is 0 Å². The quantitative estimate of drug-likeness (QED) is 0.489. The monoisotopic (exact) mass is 210 g/mol. The van der Waals surface area contributed by atoms with Gasteiger partial charge in [-0.05, 0) is 0 Å². The molecule has 0 unspecified atom stereocenters. The number of hydrogen-bond donors (Lipinski definition) is 0. The van der Waals surface area contributed by atoms with Gasteiger partial charge in [-0.3, -0.25) is 0 Å². The molecule has 0 amide bonds. The minimum atomic E-state index is -3.39. The van der Waals surface area contributed by atoms with Gasteiger partial charge in [0, 0.05) is 0 Å². The van der Waals surface area contributed by atoms with Crippen LogP contribution in [0.25, 0.3) is 0 Å². The summed E-state index contributed by atoms with van der Waals surface area (Å²) >= 11 is -1.58. The molecule has 1 saturated heterocycles. The van der Waals surface area contributed by atoms with Crippen LogP contribution in [0, 0.1) is 0 Å². The second-order valence-corrected chi connectivity index (χ2v) is 6.76. The van der Waals surface area contributed by atoms with Gasteiger partial charge in [-0.1, -0.05) is 0 Å². The summed E-state index contributed by atoms with van der Waals surface area (Å²) in [7, 11) is -3.39. The summed E-state index contributed by atoms with van der Waals surface area (Å²) in [5, 5.41) is 0. The molecule has 0 aromatic carbocycles. The molecule has 1 fully saturated rings. The SMILES string of the molecule is O=S1(=O)[O][Cd][O]1. The third-order valence-electron chi connectivity index (χ3n) is 0.385. The van der Waals surface area contributed by atoms with Crippen LogP contribution in [0.3, 0.4) is 0 Å². The molecule has 1 aliphatic rings. The second kappa shape index (κ2) is 1.39. The van der Waals surface area contributed by atoms with Crippen molar-refractivity contribution >= 4 is 10.4 Å². The Bertz CT molecular complexity index is 122. The van der Waals surface area contributed by atoms with Crippen LogP contribution in [-0.4, -0.2) is 8.42 Å². The summed E-state index contributed by atoms with van der Waals surface area (Å²) in [5.41, 5.74) is 0. The molecular formula is CdO4S. The molecule has 0 radical (unpaired) electrons. The molecular weight excluding hydrogens is 208 g/mol. The summed E-state index contributed by atoms with van der Waals surface area (Å²) in [6.07, 6.45) is 0. The molecule has 1 aliphatic heterocycles. The Morgan fingerprint density at radius 2 is 1.67 bits per heavy atom. The maximum absolute atomic E-state index is 9.69. The van der Waals surface area contributed by atoms with E-state index in [1.807, 2.05) is 0 Å². The normalized spacial score (nSPS) is 26.0. The van der Waals surface area contributed by atoms with E-state index in [9.17, 15) is 8.42 Å². The summed E-state index contributed by atoms with van der Waals surface area (Å²) < 4.78 is 27.5. The van der Waals surface area contributed by atoms with Crippen LogP contribution in [0.15, 0.2) is 0 Å². The van der Waals surface area contributed by atoms with Gasteiger partial charge in [0.05, 0.1) is 0 Å². The molecule has 1 heterocycles. The molecule has 0 bridgehead atoms. The first-order valence-corrected chi connectivity index (χ1v) is 5.87. The van der Waals surface area contributed by atoms with E-state index in [1.54, 1.807) is 0 Å². The predicted octanol–water partition coefficient (Wildman–Crippen LogP) is -0.809. The first-order valence-electron chi connectivity index (χ1n) is 1.24. The summed E-state index contributed by atoms with van der Waals surface area (Å²) in [6, 6.07) is 0. The Morgan fingerprint density at radius 1 is 1.33 bits per heavy atom. The first-order chi connectivity index (χ1) is 2.71. The molecule has 0 spiro atoms. The van der Waals surface area contributed by atoms with Crippen molar-refractivity contribution < 1.29 is 37.8 Å². The van der Waals surface area contributed by atoms with Crippen LogP contribution < -0.4 is 0 Å². The Balaban J connectivity index is 2.78. The molecule has 0 aromatic rings. The summed E-state index contributed by atoms with van der Waals surface area (Å²) in [5.74, 6) is 0. The van der Waals surface area contributed by atoms with Gasteiger partial charge in [0.2, 0.25) is 0 Å². The average molecular weight is 208 g/mol. The standard InChI is InChI=1S/Cd.H2O4S/c;1-5(2,3)4/h;(H2,1,2,3,4)/q+2;/p-2. The van der Waals surface area contributed by atoms with Crippen molar-refractivity contribution in [2.24, 2.45) is 0 Å². The van der Waals surface area contributed by atoms with E-state index in [2.05, 4.69) is 4.27 Å². The van der Waals surface area contributed by atoms with Crippen LogP contribution >= 0.6 is 0 Å². The van der Waals surface area contributed by atoms with Crippen molar-refractivity contribution in [3.8, 4) is 0 Å². The Kier molecular flexibility index (Phi) is 1.14.